The summed E-state index contributed by atoms with van der Waals surface area (Å²) in [5, 5.41) is 0. The summed E-state index contributed by atoms with van der Waals surface area (Å²) in [5.41, 5.74) is 0.750. The number of methoxy groups -OCH3 is 1. The second-order valence-electron chi connectivity index (χ2n) is 3.81. The molecule has 0 radical (unpaired) electrons. The van der Waals surface area contributed by atoms with Crippen LogP contribution >= 0.6 is 0 Å². The van der Waals surface area contributed by atoms with Crippen LogP contribution in [0.1, 0.15) is 26.5 Å². The van der Waals surface area contributed by atoms with Crippen molar-refractivity contribution in [1.29, 1.82) is 0 Å². The minimum Gasteiger partial charge on any atom is -0.495 e. The van der Waals surface area contributed by atoms with Crippen molar-refractivity contribution in [3.63, 3.8) is 0 Å². The molecule has 1 aromatic rings. The summed E-state index contributed by atoms with van der Waals surface area (Å²) >= 11 is 0. The highest BCUT2D eigenvalue weighted by Gasteiger charge is 2.34. The number of nitrogens with zero attached hydrogens (tertiary/aromatic N) is 1. The van der Waals surface area contributed by atoms with E-state index in [1.807, 2.05) is 32.9 Å². The largest absolute Gasteiger partial charge is 0.495 e. The van der Waals surface area contributed by atoms with Crippen LogP contribution in [0.25, 0.3) is 0 Å². The first-order valence-electron chi connectivity index (χ1n) is 6.61. The predicted octanol–water partition coefficient (Wildman–Crippen LogP) is 2.40. The monoisotopic (exact) mass is 269 g/mol. The number of ether oxygens (including phenoxy) is 4. The molecule has 0 unspecified atom stereocenters. The molecule has 0 aliphatic rings. The molecule has 0 fully saturated rings. The van der Waals surface area contributed by atoms with Gasteiger partial charge in [0.25, 0.3) is 5.97 Å². The number of hydrogen-bond acceptors (Lipinski definition) is 5. The standard InChI is InChI=1S/C14H23NO4/c1-5-17-14(18-6-2,19-7-3)11-12-13(16-4)9-8-10-15-12/h8-10H,5-7,11H2,1-4H3. The summed E-state index contributed by atoms with van der Waals surface area (Å²) in [6.45, 7) is 7.20. The first-order valence-corrected chi connectivity index (χ1v) is 6.61. The zero-order chi connectivity index (χ0) is 14.1. The van der Waals surface area contributed by atoms with Gasteiger partial charge in [0, 0.05) is 26.0 Å². The van der Waals surface area contributed by atoms with Crippen LogP contribution in [0.2, 0.25) is 0 Å². The number of rotatable bonds is 9. The average Bonchev–Trinajstić information content (AvgIpc) is 2.40. The first kappa shape index (κ1) is 15.9. The van der Waals surface area contributed by atoms with Crippen LogP contribution in [-0.2, 0) is 20.6 Å². The van der Waals surface area contributed by atoms with Gasteiger partial charge in [0.15, 0.2) is 0 Å². The van der Waals surface area contributed by atoms with Crippen LogP contribution in [0.4, 0.5) is 0 Å². The topological polar surface area (TPSA) is 49.8 Å². The molecule has 0 amide bonds. The van der Waals surface area contributed by atoms with E-state index in [2.05, 4.69) is 4.98 Å². The molecule has 5 heteroatoms. The van der Waals surface area contributed by atoms with Gasteiger partial charge in [-0.25, -0.2) is 0 Å². The van der Waals surface area contributed by atoms with Crippen molar-refractivity contribution in [1.82, 2.24) is 4.98 Å². The fourth-order valence-corrected chi connectivity index (χ4v) is 1.88. The molecule has 0 aliphatic carbocycles. The summed E-state index contributed by atoms with van der Waals surface area (Å²) in [6.07, 6.45) is 2.10. The van der Waals surface area contributed by atoms with Crippen molar-refractivity contribution in [2.45, 2.75) is 33.2 Å². The molecule has 0 aromatic carbocycles. The van der Waals surface area contributed by atoms with E-state index in [0.29, 0.717) is 32.0 Å². The van der Waals surface area contributed by atoms with E-state index in [9.17, 15) is 0 Å². The summed E-state index contributed by atoms with van der Waals surface area (Å²) in [5.74, 6) is -0.397. The smallest absolute Gasteiger partial charge is 0.288 e. The Morgan fingerprint density at radius 3 is 2.11 bits per heavy atom. The van der Waals surface area contributed by atoms with Crippen LogP contribution < -0.4 is 4.74 Å². The third-order valence-corrected chi connectivity index (χ3v) is 2.55. The fourth-order valence-electron chi connectivity index (χ4n) is 1.88. The minimum absolute atomic E-state index is 0.381. The maximum atomic E-state index is 5.67. The van der Waals surface area contributed by atoms with E-state index in [-0.39, 0.29) is 0 Å². The van der Waals surface area contributed by atoms with Gasteiger partial charge in [-0.3, -0.25) is 4.98 Å². The Labute approximate surface area is 114 Å². The molecule has 0 atom stereocenters. The van der Waals surface area contributed by atoms with E-state index >= 15 is 0 Å². The van der Waals surface area contributed by atoms with Crippen LogP contribution in [0, 0.1) is 0 Å². The molecule has 1 rings (SSSR count). The van der Waals surface area contributed by atoms with Crippen LogP contribution in [-0.4, -0.2) is 37.9 Å². The molecule has 1 aromatic heterocycles. The molecule has 0 aliphatic heterocycles. The van der Waals surface area contributed by atoms with Crippen LogP contribution in [0.5, 0.6) is 5.75 Å². The molecule has 0 spiro atoms. The Hall–Kier alpha value is -1.17. The molecule has 0 saturated carbocycles. The van der Waals surface area contributed by atoms with E-state index < -0.39 is 5.97 Å². The maximum absolute atomic E-state index is 5.67. The van der Waals surface area contributed by atoms with Gasteiger partial charge in [-0.1, -0.05) is 0 Å². The lowest BCUT2D eigenvalue weighted by molar-refractivity contribution is -0.376. The second-order valence-corrected chi connectivity index (χ2v) is 3.81. The fraction of sp³-hybridized carbons (Fsp3) is 0.643. The zero-order valence-electron chi connectivity index (χ0n) is 12.1. The lowest BCUT2D eigenvalue weighted by atomic mass is 10.2. The number of pyridine rings is 1. The van der Waals surface area contributed by atoms with E-state index in [0.717, 1.165) is 5.69 Å². The molecule has 0 saturated heterocycles. The van der Waals surface area contributed by atoms with Gasteiger partial charge in [0.1, 0.15) is 5.75 Å². The Morgan fingerprint density at radius 1 is 1.05 bits per heavy atom. The van der Waals surface area contributed by atoms with Crippen molar-refractivity contribution < 1.29 is 18.9 Å². The van der Waals surface area contributed by atoms with E-state index in [4.69, 9.17) is 18.9 Å². The Morgan fingerprint density at radius 2 is 1.63 bits per heavy atom. The van der Waals surface area contributed by atoms with Gasteiger partial charge < -0.3 is 18.9 Å². The van der Waals surface area contributed by atoms with Crippen molar-refractivity contribution in [3.8, 4) is 5.75 Å². The lowest BCUT2D eigenvalue weighted by Gasteiger charge is -2.32. The highest BCUT2D eigenvalue weighted by atomic mass is 16.9. The van der Waals surface area contributed by atoms with Gasteiger partial charge in [-0.2, -0.15) is 0 Å². The molecule has 5 nitrogen and oxygen atoms in total. The highest BCUT2D eigenvalue weighted by Crippen LogP contribution is 2.25. The lowest BCUT2D eigenvalue weighted by Crippen LogP contribution is -2.42. The molecule has 0 bridgehead atoms. The van der Waals surface area contributed by atoms with Gasteiger partial charge in [-0.15, -0.1) is 0 Å². The third kappa shape index (κ3) is 4.45. The Bertz CT molecular complexity index is 353. The number of aromatic nitrogens is 1. The van der Waals surface area contributed by atoms with Crippen molar-refractivity contribution >= 4 is 0 Å². The van der Waals surface area contributed by atoms with Gasteiger partial charge in [-0.05, 0) is 32.9 Å². The van der Waals surface area contributed by atoms with Gasteiger partial charge in [0.05, 0.1) is 19.2 Å². The van der Waals surface area contributed by atoms with E-state index in [1.54, 1.807) is 13.3 Å². The van der Waals surface area contributed by atoms with Crippen molar-refractivity contribution in [2.24, 2.45) is 0 Å². The number of hydrogen-bond donors (Lipinski definition) is 0. The predicted molar refractivity (Wildman–Crippen MR) is 72.1 cm³/mol. The Balaban J connectivity index is 2.97. The third-order valence-electron chi connectivity index (χ3n) is 2.55. The average molecular weight is 269 g/mol. The quantitative estimate of drug-likeness (QED) is 0.644. The molecule has 19 heavy (non-hydrogen) atoms. The summed E-state index contributed by atoms with van der Waals surface area (Å²) in [4.78, 5) is 4.32. The summed E-state index contributed by atoms with van der Waals surface area (Å²) < 4.78 is 22.3. The highest BCUT2D eigenvalue weighted by molar-refractivity contribution is 5.27. The van der Waals surface area contributed by atoms with Crippen LogP contribution in [0.3, 0.4) is 0 Å². The van der Waals surface area contributed by atoms with E-state index in [1.165, 1.54) is 0 Å². The Kier molecular flexibility index (Phi) is 6.77. The normalized spacial score (nSPS) is 11.6. The van der Waals surface area contributed by atoms with Crippen molar-refractivity contribution in [3.05, 3.63) is 24.0 Å². The molecular weight excluding hydrogens is 246 g/mol. The second kappa shape index (κ2) is 8.09. The molecule has 1 heterocycles. The zero-order valence-corrected chi connectivity index (χ0v) is 12.1. The van der Waals surface area contributed by atoms with Crippen LogP contribution in [0.15, 0.2) is 18.3 Å². The SMILES string of the molecule is CCOC(Cc1ncccc1OC)(OCC)OCC. The van der Waals surface area contributed by atoms with Gasteiger partial charge >= 0.3 is 0 Å². The summed E-state index contributed by atoms with van der Waals surface area (Å²) in [6, 6.07) is 3.68. The van der Waals surface area contributed by atoms with Crippen molar-refractivity contribution in [2.75, 3.05) is 26.9 Å². The maximum Gasteiger partial charge on any atom is 0.288 e. The van der Waals surface area contributed by atoms with Gasteiger partial charge in [0.2, 0.25) is 0 Å². The summed E-state index contributed by atoms with van der Waals surface area (Å²) in [7, 11) is 1.62. The molecule has 0 N–H and O–H groups in total. The molecule has 108 valence electrons. The minimum atomic E-state index is -1.10. The molecular formula is C14H23NO4. The first-order chi connectivity index (χ1) is 9.21.